The van der Waals surface area contributed by atoms with E-state index in [2.05, 4.69) is 10.5 Å². The van der Waals surface area contributed by atoms with Crippen LogP contribution in [0.3, 0.4) is 0 Å². The van der Waals surface area contributed by atoms with Gasteiger partial charge in [-0.2, -0.15) is 5.10 Å². The number of nitrogens with one attached hydrogen (secondary N) is 1. The van der Waals surface area contributed by atoms with Crippen molar-refractivity contribution in [1.29, 1.82) is 0 Å². The van der Waals surface area contributed by atoms with Gasteiger partial charge in [-0.15, -0.1) is 0 Å². The summed E-state index contributed by atoms with van der Waals surface area (Å²) in [5.41, 5.74) is 4.31. The highest BCUT2D eigenvalue weighted by Gasteiger charge is 1.98. The zero-order valence-corrected chi connectivity index (χ0v) is 9.72. The Hall–Kier alpha value is -2.00. The van der Waals surface area contributed by atoms with E-state index in [1.54, 1.807) is 12.1 Å². The molecule has 0 fully saturated rings. The zero-order chi connectivity index (χ0) is 12.1. The molecule has 2 rings (SSSR count). The number of para-hydroxylation sites is 1. The van der Waals surface area contributed by atoms with Crippen molar-refractivity contribution in [2.75, 3.05) is 5.43 Å². The van der Waals surface area contributed by atoms with Crippen LogP contribution in [-0.2, 0) is 0 Å². The summed E-state index contributed by atoms with van der Waals surface area (Å²) in [7, 11) is 0. The van der Waals surface area contributed by atoms with Crippen LogP contribution in [0.25, 0.3) is 0 Å². The molecule has 2 aromatic rings. The molecule has 2 N–H and O–H groups in total. The van der Waals surface area contributed by atoms with Gasteiger partial charge in [-0.25, -0.2) is 0 Å². The largest absolute Gasteiger partial charge is 0.507 e. The highest BCUT2D eigenvalue weighted by atomic mass is 35.5. The normalized spacial score (nSPS) is 10.6. The summed E-state index contributed by atoms with van der Waals surface area (Å²) < 4.78 is 0. The summed E-state index contributed by atoms with van der Waals surface area (Å²) in [4.78, 5) is 0. The number of rotatable bonds is 3. The van der Waals surface area contributed by atoms with Crippen LogP contribution >= 0.6 is 11.6 Å². The van der Waals surface area contributed by atoms with Crippen LogP contribution in [0.1, 0.15) is 5.56 Å². The predicted molar refractivity (Wildman–Crippen MR) is 70.8 cm³/mol. The second-order valence-corrected chi connectivity index (χ2v) is 3.88. The molecule has 86 valence electrons. The molecule has 0 unspecified atom stereocenters. The third kappa shape index (κ3) is 3.23. The molecule has 3 nitrogen and oxygen atoms in total. The van der Waals surface area contributed by atoms with Crippen LogP contribution in [0.15, 0.2) is 53.6 Å². The second-order valence-electron chi connectivity index (χ2n) is 3.44. The molecule has 0 aliphatic rings. The van der Waals surface area contributed by atoms with Gasteiger partial charge in [-0.3, -0.25) is 5.43 Å². The summed E-state index contributed by atoms with van der Waals surface area (Å²) in [6.07, 6.45) is 1.52. The molecule has 0 saturated carbocycles. The van der Waals surface area contributed by atoms with Gasteiger partial charge in [0, 0.05) is 10.6 Å². The predicted octanol–water partition coefficient (Wildman–Crippen LogP) is 3.49. The van der Waals surface area contributed by atoms with Gasteiger partial charge in [0.2, 0.25) is 0 Å². The second kappa shape index (κ2) is 5.37. The minimum Gasteiger partial charge on any atom is -0.507 e. The first-order valence-corrected chi connectivity index (χ1v) is 5.46. The Kier molecular flexibility index (Phi) is 3.62. The van der Waals surface area contributed by atoms with Crippen LogP contribution in [0.4, 0.5) is 5.69 Å². The summed E-state index contributed by atoms with van der Waals surface area (Å²) in [6.45, 7) is 0. The van der Waals surface area contributed by atoms with Gasteiger partial charge in [-0.1, -0.05) is 29.8 Å². The van der Waals surface area contributed by atoms with Crippen LogP contribution in [0.5, 0.6) is 5.75 Å². The number of halogens is 1. The van der Waals surface area contributed by atoms with E-state index in [0.29, 0.717) is 10.6 Å². The van der Waals surface area contributed by atoms with Crippen molar-refractivity contribution in [3.63, 3.8) is 0 Å². The number of hydrogen-bond acceptors (Lipinski definition) is 3. The van der Waals surface area contributed by atoms with E-state index < -0.39 is 0 Å². The van der Waals surface area contributed by atoms with Gasteiger partial charge in [-0.05, 0) is 30.3 Å². The van der Waals surface area contributed by atoms with Crippen molar-refractivity contribution in [3.05, 3.63) is 59.1 Å². The standard InChI is InChI=1S/C13H11ClN2O/c14-11-6-7-13(17)10(8-11)9-15-16-12-4-2-1-3-5-12/h1-9,16-17H. The molecule has 0 amide bonds. The molecule has 0 aliphatic carbocycles. The summed E-state index contributed by atoms with van der Waals surface area (Å²) >= 11 is 5.82. The van der Waals surface area contributed by atoms with Crippen LogP contribution < -0.4 is 5.43 Å². The first-order valence-electron chi connectivity index (χ1n) is 5.08. The Morgan fingerprint density at radius 1 is 1.12 bits per heavy atom. The molecule has 0 heterocycles. The molecule has 2 aromatic carbocycles. The van der Waals surface area contributed by atoms with Crippen molar-refractivity contribution >= 4 is 23.5 Å². The molecule has 0 atom stereocenters. The number of phenols is 1. The number of hydrazone groups is 1. The monoisotopic (exact) mass is 246 g/mol. The molecule has 0 aliphatic heterocycles. The van der Waals surface area contributed by atoms with Gasteiger partial charge in [0.15, 0.2) is 0 Å². The van der Waals surface area contributed by atoms with Crippen LogP contribution in [0, 0.1) is 0 Å². The molecule has 0 radical (unpaired) electrons. The third-order valence-electron chi connectivity index (χ3n) is 2.16. The molecule has 0 aromatic heterocycles. The van der Waals surface area contributed by atoms with E-state index >= 15 is 0 Å². The number of nitrogens with zero attached hydrogens (tertiary/aromatic N) is 1. The number of phenolic OH excluding ortho intramolecular Hbond substituents is 1. The molecule has 0 spiro atoms. The van der Waals surface area contributed by atoms with E-state index in [-0.39, 0.29) is 5.75 Å². The smallest absolute Gasteiger partial charge is 0.124 e. The average molecular weight is 247 g/mol. The van der Waals surface area contributed by atoms with Crippen LogP contribution in [-0.4, -0.2) is 11.3 Å². The Morgan fingerprint density at radius 3 is 2.65 bits per heavy atom. The van der Waals surface area contributed by atoms with E-state index in [0.717, 1.165) is 5.69 Å². The fraction of sp³-hybridized carbons (Fsp3) is 0. The summed E-state index contributed by atoms with van der Waals surface area (Å²) in [6, 6.07) is 14.4. The third-order valence-corrected chi connectivity index (χ3v) is 2.40. The quantitative estimate of drug-likeness (QED) is 0.643. The lowest BCUT2D eigenvalue weighted by molar-refractivity contribution is 0.474. The van der Waals surface area contributed by atoms with Crippen molar-refractivity contribution in [3.8, 4) is 5.75 Å². The Labute approximate surface area is 104 Å². The maximum absolute atomic E-state index is 9.55. The van der Waals surface area contributed by atoms with Gasteiger partial charge < -0.3 is 5.11 Å². The highest BCUT2D eigenvalue weighted by molar-refractivity contribution is 6.30. The molecule has 4 heteroatoms. The summed E-state index contributed by atoms with van der Waals surface area (Å²) in [5, 5.41) is 14.1. The fourth-order valence-electron chi connectivity index (χ4n) is 1.32. The number of benzene rings is 2. The van der Waals surface area contributed by atoms with E-state index in [4.69, 9.17) is 11.6 Å². The maximum Gasteiger partial charge on any atom is 0.124 e. The maximum atomic E-state index is 9.55. The first-order chi connectivity index (χ1) is 8.25. The van der Waals surface area contributed by atoms with Gasteiger partial charge >= 0.3 is 0 Å². The molecule has 0 saturated heterocycles. The fourth-order valence-corrected chi connectivity index (χ4v) is 1.50. The lowest BCUT2D eigenvalue weighted by atomic mass is 10.2. The van der Waals surface area contributed by atoms with E-state index in [1.807, 2.05) is 30.3 Å². The minimum atomic E-state index is 0.146. The molecular weight excluding hydrogens is 236 g/mol. The van der Waals surface area contributed by atoms with Crippen molar-refractivity contribution in [2.24, 2.45) is 5.10 Å². The Morgan fingerprint density at radius 2 is 1.88 bits per heavy atom. The Balaban J connectivity index is 2.08. The number of aromatic hydroxyl groups is 1. The Bertz CT molecular complexity index is 526. The van der Waals surface area contributed by atoms with Gasteiger partial charge in [0.1, 0.15) is 5.75 Å². The van der Waals surface area contributed by atoms with Crippen molar-refractivity contribution in [2.45, 2.75) is 0 Å². The molecular formula is C13H11ClN2O. The minimum absolute atomic E-state index is 0.146. The van der Waals surface area contributed by atoms with E-state index in [9.17, 15) is 5.11 Å². The molecule has 0 bridgehead atoms. The van der Waals surface area contributed by atoms with E-state index in [1.165, 1.54) is 12.3 Å². The molecule has 17 heavy (non-hydrogen) atoms. The topological polar surface area (TPSA) is 44.6 Å². The van der Waals surface area contributed by atoms with Gasteiger partial charge in [0.25, 0.3) is 0 Å². The number of hydrogen-bond donors (Lipinski definition) is 2. The first kappa shape index (κ1) is 11.5. The van der Waals surface area contributed by atoms with Gasteiger partial charge in [0.05, 0.1) is 11.9 Å². The highest BCUT2D eigenvalue weighted by Crippen LogP contribution is 2.19. The van der Waals surface area contributed by atoms with Crippen LogP contribution in [0.2, 0.25) is 5.02 Å². The van der Waals surface area contributed by atoms with Crippen molar-refractivity contribution < 1.29 is 5.11 Å². The SMILES string of the molecule is Oc1ccc(Cl)cc1C=NNc1ccccc1. The lowest BCUT2D eigenvalue weighted by Gasteiger charge is -2.00. The lowest BCUT2D eigenvalue weighted by Crippen LogP contribution is -1.90. The summed E-state index contributed by atoms with van der Waals surface area (Å²) in [5.74, 6) is 0.146. The number of anilines is 1. The average Bonchev–Trinajstić information content (AvgIpc) is 2.35. The zero-order valence-electron chi connectivity index (χ0n) is 8.97. The van der Waals surface area contributed by atoms with Crippen molar-refractivity contribution in [1.82, 2.24) is 0 Å².